The molecule has 4 aromatic rings. The molecular formula is C34H40FN3. The second kappa shape index (κ2) is 13.0. The molecule has 3 aromatic carbocycles. The second-order valence-corrected chi connectivity index (χ2v) is 10.8. The van der Waals surface area contributed by atoms with Gasteiger partial charge in [-0.25, -0.2) is 9.37 Å². The number of rotatable bonds is 11. The van der Waals surface area contributed by atoms with E-state index in [1.54, 1.807) is 12.1 Å². The van der Waals surface area contributed by atoms with Crippen molar-refractivity contribution in [3.8, 4) is 22.6 Å². The fourth-order valence-corrected chi connectivity index (χ4v) is 5.82. The summed E-state index contributed by atoms with van der Waals surface area (Å²) in [5.74, 6) is 1.58. The van der Waals surface area contributed by atoms with Gasteiger partial charge in [0.2, 0.25) is 0 Å². The minimum absolute atomic E-state index is 0.177. The summed E-state index contributed by atoms with van der Waals surface area (Å²) in [5, 5.41) is 0. The van der Waals surface area contributed by atoms with E-state index in [0.29, 0.717) is 5.92 Å². The molecule has 0 spiro atoms. The zero-order valence-electron chi connectivity index (χ0n) is 22.7. The van der Waals surface area contributed by atoms with E-state index in [4.69, 9.17) is 4.98 Å². The number of aromatic nitrogens is 2. The lowest BCUT2D eigenvalue weighted by molar-refractivity contribution is 0.183. The Bertz CT molecular complexity index is 1260. The van der Waals surface area contributed by atoms with E-state index in [1.807, 2.05) is 12.1 Å². The Morgan fingerprint density at radius 3 is 2.13 bits per heavy atom. The molecule has 0 N–H and O–H groups in total. The first kappa shape index (κ1) is 26.4. The van der Waals surface area contributed by atoms with Gasteiger partial charge in [-0.15, -0.1) is 0 Å². The molecule has 3 nitrogen and oxygen atoms in total. The Morgan fingerprint density at radius 2 is 1.47 bits per heavy atom. The summed E-state index contributed by atoms with van der Waals surface area (Å²) in [6.07, 6.45) is 8.86. The Kier molecular flexibility index (Phi) is 9.03. The molecule has 1 fully saturated rings. The highest BCUT2D eigenvalue weighted by molar-refractivity contribution is 5.68. The molecule has 0 saturated heterocycles. The molecule has 5 rings (SSSR count). The third-order valence-corrected chi connectivity index (χ3v) is 7.82. The van der Waals surface area contributed by atoms with Crippen molar-refractivity contribution in [3.63, 3.8) is 0 Å². The van der Waals surface area contributed by atoms with Crippen molar-refractivity contribution in [2.45, 2.75) is 71.5 Å². The average molecular weight is 510 g/mol. The first-order valence-electron chi connectivity index (χ1n) is 14.4. The van der Waals surface area contributed by atoms with Gasteiger partial charge in [0.1, 0.15) is 11.6 Å². The van der Waals surface area contributed by atoms with Crippen LogP contribution in [0.4, 0.5) is 4.39 Å². The van der Waals surface area contributed by atoms with Crippen molar-refractivity contribution in [2.75, 3.05) is 6.54 Å². The summed E-state index contributed by atoms with van der Waals surface area (Å²) in [7, 11) is 0. The van der Waals surface area contributed by atoms with Crippen molar-refractivity contribution >= 4 is 0 Å². The van der Waals surface area contributed by atoms with Gasteiger partial charge in [0.05, 0.1) is 11.4 Å². The monoisotopic (exact) mass is 509 g/mol. The van der Waals surface area contributed by atoms with E-state index in [1.165, 1.54) is 37.8 Å². The maximum absolute atomic E-state index is 13.7. The van der Waals surface area contributed by atoms with Crippen LogP contribution in [0.3, 0.4) is 0 Å². The van der Waals surface area contributed by atoms with Gasteiger partial charge in [0.15, 0.2) is 0 Å². The maximum Gasteiger partial charge on any atom is 0.140 e. The van der Waals surface area contributed by atoms with E-state index >= 15 is 0 Å². The topological polar surface area (TPSA) is 21.1 Å². The van der Waals surface area contributed by atoms with Crippen LogP contribution in [0.25, 0.3) is 22.6 Å². The van der Waals surface area contributed by atoms with Crippen molar-refractivity contribution in [1.82, 2.24) is 14.5 Å². The molecule has 198 valence electrons. The molecular weight excluding hydrogens is 469 g/mol. The molecule has 1 saturated carbocycles. The van der Waals surface area contributed by atoms with Crippen LogP contribution in [0.5, 0.6) is 0 Å². The van der Waals surface area contributed by atoms with Gasteiger partial charge >= 0.3 is 0 Å². The van der Waals surface area contributed by atoms with Gasteiger partial charge < -0.3 is 4.57 Å². The summed E-state index contributed by atoms with van der Waals surface area (Å²) >= 11 is 0. The fraction of sp³-hybridized carbons (Fsp3) is 0.382. The lowest BCUT2D eigenvalue weighted by Crippen LogP contribution is -2.31. The number of hydrogen-bond acceptors (Lipinski definition) is 2. The van der Waals surface area contributed by atoms with Gasteiger partial charge in [-0.3, -0.25) is 4.90 Å². The van der Waals surface area contributed by atoms with Crippen LogP contribution in [-0.4, -0.2) is 21.0 Å². The van der Waals surface area contributed by atoms with E-state index in [-0.39, 0.29) is 5.82 Å². The van der Waals surface area contributed by atoms with E-state index < -0.39 is 0 Å². The molecule has 4 heteroatoms. The highest BCUT2D eigenvalue weighted by Gasteiger charge is 2.24. The van der Waals surface area contributed by atoms with Crippen LogP contribution in [0.2, 0.25) is 0 Å². The van der Waals surface area contributed by atoms with E-state index in [2.05, 4.69) is 77.1 Å². The minimum atomic E-state index is -0.177. The smallest absolute Gasteiger partial charge is 0.140 e. The highest BCUT2D eigenvalue weighted by atomic mass is 19.1. The third-order valence-electron chi connectivity index (χ3n) is 7.82. The van der Waals surface area contributed by atoms with Gasteiger partial charge in [0, 0.05) is 37.3 Å². The van der Waals surface area contributed by atoms with Crippen LogP contribution in [-0.2, 0) is 19.6 Å². The number of benzene rings is 3. The Hall–Kier alpha value is -3.24. The number of hydrogen-bond donors (Lipinski definition) is 0. The first-order valence-corrected chi connectivity index (χ1v) is 14.4. The summed E-state index contributed by atoms with van der Waals surface area (Å²) in [5.41, 5.74) is 5.83. The lowest BCUT2D eigenvalue weighted by Gasteiger charge is -2.30. The van der Waals surface area contributed by atoms with Gasteiger partial charge in [-0.05, 0) is 42.9 Å². The summed E-state index contributed by atoms with van der Waals surface area (Å²) in [6.45, 7) is 5.89. The van der Waals surface area contributed by atoms with Gasteiger partial charge in [0.25, 0.3) is 0 Å². The molecule has 1 heterocycles. The number of imidazole rings is 1. The van der Waals surface area contributed by atoms with Crippen LogP contribution >= 0.6 is 0 Å². The van der Waals surface area contributed by atoms with Crippen molar-refractivity contribution in [2.24, 2.45) is 5.92 Å². The molecule has 38 heavy (non-hydrogen) atoms. The average Bonchev–Trinajstić information content (AvgIpc) is 3.32. The molecule has 1 aromatic heterocycles. The number of nitrogens with zero attached hydrogens (tertiary/aromatic N) is 3. The predicted molar refractivity (Wildman–Crippen MR) is 155 cm³/mol. The standard InChI is InChI=1S/C34H40FN3/c1-2-3-23-38-32(33(29-15-9-5-10-16-29)36-34(38)30-17-11-6-12-18-30)26-37(24-27-13-7-4-8-14-27)25-28-19-21-31(35)22-20-28/h5-6,9-12,15-22,27H,2-4,7-8,13-14,23-26H2,1H3. The normalized spacial score (nSPS) is 14.3. The molecule has 0 bridgehead atoms. The number of unbranched alkanes of at least 4 members (excludes halogenated alkanes) is 1. The van der Waals surface area contributed by atoms with Crippen molar-refractivity contribution < 1.29 is 4.39 Å². The van der Waals surface area contributed by atoms with Gasteiger partial charge in [-0.1, -0.05) is 105 Å². The molecule has 0 radical (unpaired) electrons. The lowest BCUT2D eigenvalue weighted by atomic mass is 9.89. The Balaban J connectivity index is 1.56. The van der Waals surface area contributed by atoms with E-state index in [9.17, 15) is 4.39 Å². The van der Waals surface area contributed by atoms with Crippen LogP contribution in [0, 0.1) is 11.7 Å². The molecule has 0 unspecified atom stereocenters. The van der Waals surface area contributed by atoms with Crippen LogP contribution in [0.1, 0.15) is 63.1 Å². The zero-order chi connectivity index (χ0) is 26.2. The minimum Gasteiger partial charge on any atom is -0.326 e. The van der Waals surface area contributed by atoms with Crippen molar-refractivity contribution in [3.05, 3.63) is 102 Å². The van der Waals surface area contributed by atoms with Gasteiger partial charge in [-0.2, -0.15) is 0 Å². The third kappa shape index (κ3) is 6.60. The second-order valence-electron chi connectivity index (χ2n) is 10.8. The fourth-order valence-electron chi connectivity index (χ4n) is 5.82. The number of halogens is 1. The largest absolute Gasteiger partial charge is 0.326 e. The zero-order valence-corrected chi connectivity index (χ0v) is 22.7. The molecule has 0 aliphatic heterocycles. The molecule has 0 amide bonds. The summed E-state index contributed by atoms with van der Waals surface area (Å²) in [4.78, 5) is 7.90. The predicted octanol–water partition coefficient (Wildman–Crippen LogP) is 8.74. The quantitative estimate of drug-likeness (QED) is 0.201. The maximum atomic E-state index is 13.7. The molecule has 1 aliphatic carbocycles. The van der Waals surface area contributed by atoms with Crippen LogP contribution in [0.15, 0.2) is 84.9 Å². The SMILES string of the molecule is CCCCn1c(-c2ccccc2)nc(-c2ccccc2)c1CN(Cc1ccc(F)cc1)CC1CCCCC1. The van der Waals surface area contributed by atoms with E-state index in [0.717, 1.165) is 67.2 Å². The molecule has 0 atom stereocenters. The summed E-state index contributed by atoms with van der Waals surface area (Å²) < 4.78 is 16.2. The van der Waals surface area contributed by atoms with Crippen LogP contribution < -0.4 is 0 Å². The Morgan fingerprint density at radius 1 is 0.816 bits per heavy atom. The Labute approximate surface area is 227 Å². The summed E-state index contributed by atoms with van der Waals surface area (Å²) in [6, 6.07) is 28.3. The first-order chi connectivity index (χ1) is 18.7. The highest BCUT2D eigenvalue weighted by Crippen LogP contribution is 2.32. The van der Waals surface area contributed by atoms with Crippen molar-refractivity contribution in [1.29, 1.82) is 0 Å². The molecule has 1 aliphatic rings.